The van der Waals surface area contributed by atoms with Gasteiger partial charge in [-0.15, -0.1) is 0 Å². The average Bonchev–Trinajstić information content (AvgIpc) is 2.96. The summed E-state index contributed by atoms with van der Waals surface area (Å²) in [5.74, 6) is -0.276. The van der Waals surface area contributed by atoms with Crippen LogP contribution in [0.15, 0.2) is 18.2 Å². The highest BCUT2D eigenvalue weighted by Gasteiger charge is 2.35. The molecule has 1 aromatic rings. The molecule has 1 aliphatic heterocycles. The Labute approximate surface area is 123 Å². The number of hydrogen-bond donors (Lipinski definition) is 1. The topological polar surface area (TPSA) is 76.1 Å². The van der Waals surface area contributed by atoms with Crippen LogP contribution in [-0.2, 0) is 4.79 Å². The van der Waals surface area contributed by atoms with Crippen molar-refractivity contribution in [3.8, 4) is 11.5 Å². The van der Waals surface area contributed by atoms with Crippen LogP contribution in [0.1, 0.15) is 30.1 Å². The first-order valence-corrected chi connectivity index (χ1v) is 6.93. The Balaban J connectivity index is 2.31. The molecule has 0 aliphatic carbocycles. The van der Waals surface area contributed by atoms with E-state index in [9.17, 15) is 14.7 Å². The van der Waals surface area contributed by atoms with Crippen molar-refractivity contribution < 1.29 is 24.2 Å². The van der Waals surface area contributed by atoms with Crippen molar-refractivity contribution in [2.75, 3.05) is 20.3 Å². The molecule has 2 rings (SSSR count). The Bertz CT molecular complexity index is 543. The fraction of sp³-hybridized carbons (Fsp3) is 0.467. The summed E-state index contributed by atoms with van der Waals surface area (Å²) < 4.78 is 10.6. The molecule has 0 aromatic heterocycles. The van der Waals surface area contributed by atoms with Gasteiger partial charge in [0.1, 0.15) is 17.5 Å². The second-order valence-corrected chi connectivity index (χ2v) is 4.79. The summed E-state index contributed by atoms with van der Waals surface area (Å²) in [5.41, 5.74) is 0.366. The standard InChI is InChI=1S/C15H19NO5/c1-3-21-13-9-10(20-2)6-7-11(13)14(17)16-8-4-5-12(16)15(18)19/h6-7,9,12H,3-5,8H2,1-2H3,(H,18,19). The SMILES string of the molecule is CCOc1cc(OC)ccc1C(=O)N1CCCC1C(=O)O. The van der Waals surface area contributed by atoms with Gasteiger partial charge in [-0.05, 0) is 31.9 Å². The molecule has 0 saturated carbocycles. The largest absolute Gasteiger partial charge is 0.497 e. The van der Waals surface area contributed by atoms with Crippen molar-refractivity contribution in [3.05, 3.63) is 23.8 Å². The van der Waals surface area contributed by atoms with Crippen LogP contribution in [0, 0.1) is 0 Å². The number of ether oxygens (including phenoxy) is 2. The van der Waals surface area contributed by atoms with E-state index >= 15 is 0 Å². The van der Waals surface area contributed by atoms with E-state index in [-0.39, 0.29) is 5.91 Å². The third kappa shape index (κ3) is 3.09. The number of hydrogen-bond acceptors (Lipinski definition) is 4. The predicted octanol–water partition coefficient (Wildman–Crippen LogP) is 1.78. The van der Waals surface area contributed by atoms with E-state index in [0.29, 0.717) is 43.1 Å². The van der Waals surface area contributed by atoms with Gasteiger partial charge >= 0.3 is 5.97 Å². The zero-order valence-electron chi connectivity index (χ0n) is 12.2. The minimum Gasteiger partial charge on any atom is -0.497 e. The van der Waals surface area contributed by atoms with Crippen molar-refractivity contribution in [1.29, 1.82) is 0 Å². The van der Waals surface area contributed by atoms with Gasteiger partial charge < -0.3 is 19.5 Å². The molecule has 1 heterocycles. The third-order valence-corrected chi connectivity index (χ3v) is 3.52. The second-order valence-electron chi connectivity index (χ2n) is 4.79. The molecule has 21 heavy (non-hydrogen) atoms. The molecule has 1 saturated heterocycles. The van der Waals surface area contributed by atoms with Gasteiger partial charge in [-0.25, -0.2) is 4.79 Å². The van der Waals surface area contributed by atoms with E-state index in [1.807, 2.05) is 6.92 Å². The number of carbonyl (C=O) groups excluding carboxylic acids is 1. The summed E-state index contributed by atoms with van der Waals surface area (Å²) in [6.07, 6.45) is 1.18. The first-order chi connectivity index (χ1) is 10.1. The van der Waals surface area contributed by atoms with Crippen molar-refractivity contribution in [3.63, 3.8) is 0 Å². The van der Waals surface area contributed by atoms with Gasteiger partial charge in [0, 0.05) is 12.6 Å². The fourth-order valence-electron chi connectivity index (χ4n) is 2.50. The van der Waals surface area contributed by atoms with E-state index in [4.69, 9.17) is 9.47 Å². The maximum absolute atomic E-state index is 12.6. The van der Waals surface area contributed by atoms with Crippen molar-refractivity contribution in [2.24, 2.45) is 0 Å². The molecule has 1 atom stereocenters. The maximum Gasteiger partial charge on any atom is 0.326 e. The van der Waals surface area contributed by atoms with Crippen molar-refractivity contribution in [2.45, 2.75) is 25.8 Å². The molecule has 1 unspecified atom stereocenters. The van der Waals surface area contributed by atoms with E-state index in [0.717, 1.165) is 0 Å². The molecule has 1 N–H and O–H groups in total. The van der Waals surface area contributed by atoms with E-state index in [1.165, 1.54) is 12.0 Å². The Morgan fingerprint density at radius 1 is 1.43 bits per heavy atom. The minimum absolute atomic E-state index is 0.314. The quantitative estimate of drug-likeness (QED) is 0.895. The average molecular weight is 293 g/mol. The molecule has 0 spiro atoms. The Morgan fingerprint density at radius 2 is 2.19 bits per heavy atom. The molecule has 1 amide bonds. The summed E-state index contributed by atoms with van der Waals surface area (Å²) in [7, 11) is 1.54. The number of carboxylic acids is 1. The van der Waals surface area contributed by atoms with E-state index in [2.05, 4.69) is 0 Å². The monoisotopic (exact) mass is 293 g/mol. The molecular formula is C15H19NO5. The third-order valence-electron chi connectivity index (χ3n) is 3.52. The molecule has 6 nitrogen and oxygen atoms in total. The first-order valence-electron chi connectivity index (χ1n) is 6.93. The highest BCUT2D eigenvalue weighted by Crippen LogP contribution is 2.28. The van der Waals surface area contributed by atoms with Crippen LogP contribution in [0.3, 0.4) is 0 Å². The minimum atomic E-state index is -0.965. The lowest BCUT2D eigenvalue weighted by Gasteiger charge is -2.22. The van der Waals surface area contributed by atoms with Gasteiger partial charge in [0.2, 0.25) is 0 Å². The molecule has 114 valence electrons. The van der Waals surface area contributed by atoms with Gasteiger partial charge in [-0.1, -0.05) is 0 Å². The smallest absolute Gasteiger partial charge is 0.326 e. The Morgan fingerprint density at radius 3 is 2.81 bits per heavy atom. The molecule has 1 fully saturated rings. The number of likely N-dealkylation sites (tertiary alicyclic amines) is 1. The molecule has 6 heteroatoms. The van der Waals surface area contributed by atoms with E-state index < -0.39 is 12.0 Å². The lowest BCUT2D eigenvalue weighted by molar-refractivity contribution is -0.141. The van der Waals surface area contributed by atoms with Crippen LogP contribution in [-0.4, -0.2) is 48.2 Å². The number of carboxylic acid groups (broad SMARTS) is 1. The lowest BCUT2D eigenvalue weighted by atomic mass is 10.1. The molecular weight excluding hydrogens is 274 g/mol. The van der Waals surface area contributed by atoms with Crippen molar-refractivity contribution >= 4 is 11.9 Å². The zero-order valence-corrected chi connectivity index (χ0v) is 12.2. The van der Waals surface area contributed by atoms with E-state index in [1.54, 1.807) is 18.2 Å². The van der Waals surface area contributed by atoms with Crippen molar-refractivity contribution in [1.82, 2.24) is 4.90 Å². The maximum atomic E-state index is 12.6. The summed E-state index contributed by atoms with van der Waals surface area (Å²) in [4.78, 5) is 25.2. The fourth-order valence-corrected chi connectivity index (χ4v) is 2.50. The van der Waals surface area contributed by atoms with Gasteiger partial charge in [-0.3, -0.25) is 4.79 Å². The van der Waals surface area contributed by atoms with Crippen LogP contribution in [0.25, 0.3) is 0 Å². The Kier molecular flexibility index (Phi) is 4.67. The van der Waals surface area contributed by atoms with Gasteiger partial charge in [0.15, 0.2) is 0 Å². The lowest BCUT2D eigenvalue weighted by Crippen LogP contribution is -2.40. The second kappa shape index (κ2) is 6.47. The number of rotatable bonds is 5. The van der Waals surface area contributed by atoms with Gasteiger partial charge in [0.05, 0.1) is 19.3 Å². The molecule has 1 aliphatic rings. The predicted molar refractivity (Wildman–Crippen MR) is 75.9 cm³/mol. The first kappa shape index (κ1) is 15.2. The summed E-state index contributed by atoms with van der Waals surface area (Å²) in [6, 6.07) is 4.17. The number of amides is 1. The van der Waals surface area contributed by atoms with Crippen LogP contribution in [0.4, 0.5) is 0 Å². The van der Waals surface area contributed by atoms with Crippen LogP contribution < -0.4 is 9.47 Å². The van der Waals surface area contributed by atoms with Gasteiger partial charge in [0.25, 0.3) is 5.91 Å². The number of benzene rings is 1. The van der Waals surface area contributed by atoms with Crippen LogP contribution >= 0.6 is 0 Å². The number of carbonyl (C=O) groups is 2. The summed E-state index contributed by atoms with van der Waals surface area (Å²) in [6.45, 7) is 2.69. The summed E-state index contributed by atoms with van der Waals surface area (Å²) >= 11 is 0. The molecule has 1 aromatic carbocycles. The number of aliphatic carboxylic acids is 1. The highest BCUT2D eigenvalue weighted by atomic mass is 16.5. The number of methoxy groups -OCH3 is 1. The zero-order chi connectivity index (χ0) is 15.4. The van der Waals surface area contributed by atoms with Gasteiger partial charge in [-0.2, -0.15) is 0 Å². The molecule has 0 radical (unpaired) electrons. The summed E-state index contributed by atoms with van der Waals surface area (Å²) in [5, 5.41) is 9.19. The van der Waals surface area contributed by atoms with Crippen LogP contribution in [0.2, 0.25) is 0 Å². The number of nitrogens with zero attached hydrogens (tertiary/aromatic N) is 1. The normalized spacial score (nSPS) is 17.6. The van der Waals surface area contributed by atoms with Crippen LogP contribution in [0.5, 0.6) is 11.5 Å². The molecule has 0 bridgehead atoms. The Hall–Kier alpha value is -2.24. The highest BCUT2D eigenvalue weighted by molar-refractivity contribution is 5.99.